The van der Waals surface area contributed by atoms with Crippen molar-refractivity contribution >= 4 is 23.4 Å². The predicted molar refractivity (Wildman–Crippen MR) is 157 cm³/mol. The zero-order valence-corrected chi connectivity index (χ0v) is 23.9. The van der Waals surface area contributed by atoms with Gasteiger partial charge in [-0.25, -0.2) is 0 Å². The minimum atomic E-state index is -0.678. The largest absolute Gasteiger partial charge is 0.484 e. The van der Waals surface area contributed by atoms with Crippen LogP contribution in [0.2, 0.25) is 5.02 Å². The molecule has 1 N–H and O–H groups in total. The minimum absolute atomic E-state index is 0.0288. The van der Waals surface area contributed by atoms with Gasteiger partial charge in [-0.1, -0.05) is 99.8 Å². The maximum atomic E-state index is 13.8. The Balaban J connectivity index is 1.58. The van der Waals surface area contributed by atoms with Crippen LogP contribution in [-0.2, 0) is 28.0 Å². The van der Waals surface area contributed by atoms with Gasteiger partial charge in [0.2, 0.25) is 5.91 Å². The number of rotatable bonds is 10. The van der Waals surface area contributed by atoms with Gasteiger partial charge < -0.3 is 15.0 Å². The summed E-state index contributed by atoms with van der Waals surface area (Å²) in [5, 5.41) is 3.85. The van der Waals surface area contributed by atoms with Crippen molar-refractivity contribution in [2.75, 3.05) is 6.61 Å². The van der Waals surface area contributed by atoms with Crippen molar-refractivity contribution in [1.29, 1.82) is 0 Å². The van der Waals surface area contributed by atoms with E-state index in [2.05, 4.69) is 26.1 Å². The van der Waals surface area contributed by atoms with Gasteiger partial charge in [0.1, 0.15) is 11.8 Å². The van der Waals surface area contributed by atoms with E-state index in [0.717, 1.165) is 36.8 Å². The summed E-state index contributed by atoms with van der Waals surface area (Å²) < 4.78 is 5.94. The van der Waals surface area contributed by atoms with E-state index in [-0.39, 0.29) is 36.4 Å². The summed E-state index contributed by atoms with van der Waals surface area (Å²) in [6.07, 6.45) is 4.59. The highest BCUT2D eigenvalue weighted by Crippen LogP contribution is 2.25. The van der Waals surface area contributed by atoms with E-state index in [1.54, 1.807) is 17.0 Å². The summed E-state index contributed by atoms with van der Waals surface area (Å²) in [5.41, 5.74) is 3.11. The molecule has 0 bridgehead atoms. The van der Waals surface area contributed by atoms with Crippen molar-refractivity contribution in [3.63, 3.8) is 0 Å². The molecule has 3 aromatic carbocycles. The molecular weight excluding hydrogens is 508 g/mol. The van der Waals surface area contributed by atoms with Gasteiger partial charge in [-0.3, -0.25) is 9.59 Å². The highest BCUT2D eigenvalue weighted by molar-refractivity contribution is 6.30. The van der Waals surface area contributed by atoms with Gasteiger partial charge >= 0.3 is 0 Å². The lowest BCUT2D eigenvalue weighted by Crippen LogP contribution is -2.53. The van der Waals surface area contributed by atoms with Crippen molar-refractivity contribution < 1.29 is 14.3 Å². The van der Waals surface area contributed by atoms with Crippen LogP contribution in [0.3, 0.4) is 0 Å². The molecule has 39 heavy (non-hydrogen) atoms. The zero-order chi connectivity index (χ0) is 27.8. The van der Waals surface area contributed by atoms with Crippen LogP contribution >= 0.6 is 11.6 Å². The van der Waals surface area contributed by atoms with Gasteiger partial charge in [0.15, 0.2) is 6.61 Å². The average Bonchev–Trinajstić information content (AvgIpc) is 3.43. The van der Waals surface area contributed by atoms with Crippen molar-refractivity contribution in [1.82, 2.24) is 10.2 Å². The third kappa shape index (κ3) is 8.34. The molecule has 0 aromatic heterocycles. The number of ether oxygens (including phenoxy) is 1. The fourth-order valence-electron chi connectivity index (χ4n) is 4.99. The molecule has 206 valence electrons. The highest BCUT2D eigenvalue weighted by atomic mass is 35.5. The Bertz CT molecular complexity index is 1210. The molecule has 0 heterocycles. The van der Waals surface area contributed by atoms with Crippen molar-refractivity contribution in [3.05, 3.63) is 101 Å². The number of carbonyl (C=O) groups is 2. The second kappa shape index (κ2) is 13.2. The van der Waals surface area contributed by atoms with Gasteiger partial charge in [0, 0.05) is 24.0 Å². The number of amides is 2. The van der Waals surface area contributed by atoms with E-state index in [1.807, 2.05) is 66.7 Å². The molecule has 3 aromatic rings. The molecule has 1 fully saturated rings. The monoisotopic (exact) mass is 546 g/mol. The lowest BCUT2D eigenvalue weighted by atomic mass is 9.87. The molecule has 2 amide bonds. The van der Waals surface area contributed by atoms with E-state index in [4.69, 9.17) is 16.3 Å². The summed E-state index contributed by atoms with van der Waals surface area (Å²) in [6, 6.07) is 24.6. The molecule has 1 unspecified atom stereocenters. The summed E-state index contributed by atoms with van der Waals surface area (Å²) in [5.74, 6) is 0.257. The quantitative estimate of drug-likeness (QED) is 0.307. The average molecular weight is 547 g/mol. The first kappa shape index (κ1) is 28.7. The lowest BCUT2D eigenvalue weighted by molar-refractivity contribution is -0.143. The molecule has 0 spiro atoms. The summed E-state index contributed by atoms with van der Waals surface area (Å²) in [4.78, 5) is 29.2. The Hall–Kier alpha value is -3.31. The second-order valence-corrected chi connectivity index (χ2v) is 11.8. The Labute approximate surface area is 237 Å². The number of nitrogens with zero attached hydrogens (tertiary/aromatic N) is 1. The van der Waals surface area contributed by atoms with Crippen molar-refractivity contribution in [3.8, 4) is 5.75 Å². The Morgan fingerprint density at radius 1 is 0.923 bits per heavy atom. The van der Waals surface area contributed by atoms with E-state index in [1.165, 1.54) is 5.56 Å². The van der Waals surface area contributed by atoms with Crippen LogP contribution in [0.5, 0.6) is 5.75 Å². The summed E-state index contributed by atoms with van der Waals surface area (Å²) in [6.45, 7) is 6.59. The van der Waals surface area contributed by atoms with Gasteiger partial charge in [-0.2, -0.15) is 0 Å². The molecule has 1 aliphatic rings. The van der Waals surface area contributed by atoms with Crippen LogP contribution in [0.15, 0.2) is 78.9 Å². The van der Waals surface area contributed by atoms with Crippen LogP contribution in [-0.4, -0.2) is 35.4 Å². The molecule has 5 nitrogen and oxygen atoms in total. The maximum Gasteiger partial charge on any atom is 0.261 e. The van der Waals surface area contributed by atoms with Crippen LogP contribution in [0.25, 0.3) is 0 Å². The second-order valence-electron chi connectivity index (χ2n) is 11.4. The fraction of sp³-hybridized carbons (Fsp3) is 0.394. The smallest absolute Gasteiger partial charge is 0.261 e. The molecule has 1 atom stereocenters. The number of halogens is 1. The third-order valence-electron chi connectivity index (χ3n) is 7.32. The van der Waals surface area contributed by atoms with E-state index in [0.29, 0.717) is 17.2 Å². The first-order valence-electron chi connectivity index (χ1n) is 13.8. The minimum Gasteiger partial charge on any atom is -0.484 e. The zero-order valence-electron chi connectivity index (χ0n) is 23.2. The summed E-state index contributed by atoms with van der Waals surface area (Å²) in [7, 11) is 0. The molecule has 0 aliphatic heterocycles. The predicted octanol–water partition coefficient (Wildman–Crippen LogP) is 6.72. The van der Waals surface area contributed by atoms with Gasteiger partial charge in [-0.15, -0.1) is 0 Å². The molecule has 6 heteroatoms. The molecular formula is C33H39ClN2O3. The topological polar surface area (TPSA) is 58.6 Å². The number of carbonyl (C=O) groups excluding carboxylic acids is 2. The van der Waals surface area contributed by atoms with Gasteiger partial charge in [0.25, 0.3) is 5.91 Å². The maximum absolute atomic E-state index is 13.8. The molecule has 1 saturated carbocycles. The highest BCUT2D eigenvalue weighted by Gasteiger charge is 2.32. The lowest BCUT2D eigenvalue weighted by Gasteiger charge is -2.32. The Morgan fingerprint density at radius 2 is 1.56 bits per heavy atom. The number of benzene rings is 3. The van der Waals surface area contributed by atoms with E-state index >= 15 is 0 Å². The fourth-order valence-corrected chi connectivity index (χ4v) is 5.11. The molecule has 0 saturated heterocycles. The normalized spacial score (nSPS) is 14.6. The third-order valence-corrected chi connectivity index (χ3v) is 7.57. The Morgan fingerprint density at radius 3 is 2.18 bits per heavy atom. The van der Waals surface area contributed by atoms with E-state index < -0.39 is 6.04 Å². The summed E-state index contributed by atoms with van der Waals surface area (Å²) >= 11 is 6.12. The first-order chi connectivity index (χ1) is 18.7. The van der Waals surface area contributed by atoms with Crippen LogP contribution in [0.4, 0.5) is 0 Å². The van der Waals surface area contributed by atoms with Gasteiger partial charge in [0.05, 0.1) is 0 Å². The number of hydrogen-bond acceptors (Lipinski definition) is 3. The molecule has 4 rings (SSSR count). The Kier molecular flexibility index (Phi) is 9.68. The van der Waals surface area contributed by atoms with E-state index in [9.17, 15) is 9.59 Å². The molecule has 1 aliphatic carbocycles. The molecule has 0 radical (unpaired) electrons. The van der Waals surface area contributed by atoms with Crippen LogP contribution < -0.4 is 10.1 Å². The number of nitrogens with one attached hydrogen (secondary N) is 1. The number of hydrogen-bond donors (Lipinski definition) is 1. The first-order valence-corrected chi connectivity index (χ1v) is 14.2. The SMILES string of the molecule is CC(C)(C)c1ccc(OCC(=O)N(Cc2ccc(Cl)cc2)C(Cc2ccccc2)C(=O)NC2CCCC2)cc1. The van der Waals surface area contributed by atoms with Crippen molar-refractivity contribution in [2.24, 2.45) is 0 Å². The van der Waals surface area contributed by atoms with Crippen LogP contribution in [0, 0.1) is 0 Å². The van der Waals surface area contributed by atoms with Gasteiger partial charge in [-0.05, 0) is 59.2 Å². The van der Waals surface area contributed by atoms with Crippen LogP contribution in [0.1, 0.15) is 63.1 Å². The standard InChI is InChI=1S/C33H39ClN2O3/c1-33(2,3)26-15-19-29(20-16-26)39-23-31(37)36(22-25-13-17-27(34)18-14-25)30(21-24-9-5-4-6-10-24)32(38)35-28-11-7-8-12-28/h4-6,9-10,13-20,28,30H,7-8,11-12,21-23H2,1-3H3,(H,35,38). The van der Waals surface area contributed by atoms with Crippen molar-refractivity contribution in [2.45, 2.75) is 76.9 Å².